The SMILES string of the molecule is Cc1ccc(S(=O)(=O)NC(=O)C(CCCCC#N)c2ccc3ccccc3c2)cc1. The Morgan fingerprint density at radius 2 is 1.70 bits per heavy atom. The largest absolute Gasteiger partial charge is 0.273 e. The third-order valence-corrected chi connectivity index (χ3v) is 6.45. The van der Waals surface area contributed by atoms with Crippen LogP contribution >= 0.6 is 0 Å². The molecular weight excluding hydrogens is 396 g/mol. The number of nitriles is 1. The second kappa shape index (κ2) is 9.55. The van der Waals surface area contributed by atoms with Gasteiger partial charge in [0.15, 0.2) is 0 Å². The topological polar surface area (TPSA) is 87.0 Å². The Labute approximate surface area is 177 Å². The standard InChI is InChI=1S/C24H24N2O3S/c1-18-10-14-22(15-11-18)30(28,29)26-24(27)23(9-3-2-6-16-25)21-13-12-19-7-4-5-8-20(19)17-21/h4-5,7-8,10-15,17,23H,2-3,6,9H2,1H3,(H,26,27). The first-order valence-electron chi connectivity index (χ1n) is 9.90. The Morgan fingerprint density at radius 1 is 1.00 bits per heavy atom. The zero-order valence-corrected chi connectivity index (χ0v) is 17.7. The van der Waals surface area contributed by atoms with Gasteiger partial charge in [-0.1, -0.05) is 66.6 Å². The molecule has 5 nitrogen and oxygen atoms in total. The molecule has 30 heavy (non-hydrogen) atoms. The smallest absolute Gasteiger partial charge is 0.264 e. The van der Waals surface area contributed by atoms with Gasteiger partial charge in [-0.25, -0.2) is 13.1 Å². The summed E-state index contributed by atoms with van der Waals surface area (Å²) >= 11 is 0. The summed E-state index contributed by atoms with van der Waals surface area (Å²) < 4.78 is 27.7. The van der Waals surface area contributed by atoms with E-state index in [1.54, 1.807) is 12.1 Å². The van der Waals surface area contributed by atoms with Crippen LogP contribution in [-0.4, -0.2) is 14.3 Å². The molecular formula is C24H24N2O3S. The summed E-state index contributed by atoms with van der Waals surface area (Å²) in [4.78, 5) is 13.1. The van der Waals surface area contributed by atoms with Crippen LogP contribution in [0.15, 0.2) is 71.6 Å². The van der Waals surface area contributed by atoms with Gasteiger partial charge < -0.3 is 0 Å². The lowest BCUT2D eigenvalue weighted by Crippen LogP contribution is -2.34. The van der Waals surface area contributed by atoms with Gasteiger partial charge in [0, 0.05) is 6.42 Å². The van der Waals surface area contributed by atoms with Gasteiger partial charge >= 0.3 is 0 Å². The summed E-state index contributed by atoms with van der Waals surface area (Å²) in [6.45, 7) is 1.87. The fraction of sp³-hybridized carbons (Fsp3) is 0.250. The molecule has 0 aliphatic heterocycles. The highest BCUT2D eigenvalue weighted by atomic mass is 32.2. The quantitative estimate of drug-likeness (QED) is 0.529. The van der Waals surface area contributed by atoms with Crippen molar-refractivity contribution in [2.24, 2.45) is 0 Å². The number of nitrogens with one attached hydrogen (secondary N) is 1. The molecule has 0 spiro atoms. The fourth-order valence-electron chi connectivity index (χ4n) is 3.41. The maximum Gasteiger partial charge on any atom is 0.264 e. The van der Waals surface area contributed by atoms with E-state index in [9.17, 15) is 13.2 Å². The lowest BCUT2D eigenvalue weighted by molar-refractivity contribution is -0.121. The van der Waals surface area contributed by atoms with Crippen LogP contribution in [0.1, 0.15) is 42.7 Å². The molecule has 0 aromatic heterocycles. The van der Waals surface area contributed by atoms with E-state index in [1.807, 2.05) is 49.4 Å². The molecule has 0 radical (unpaired) electrons. The Morgan fingerprint density at radius 3 is 2.40 bits per heavy atom. The second-order valence-corrected chi connectivity index (χ2v) is 9.03. The molecule has 154 valence electrons. The first-order chi connectivity index (χ1) is 14.4. The number of sulfonamides is 1. The van der Waals surface area contributed by atoms with Crippen molar-refractivity contribution < 1.29 is 13.2 Å². The van der Waals surface area contributed by atoms with Crippen LogP contribution in [0.3, 0.4) is 0 Å². The molecule has 1 N–H and O–H groups in total. The number of carbonyl (C=O) groups excluding carboxylic acids is 1. The molecule has 0 aliphatic rings. The number of carbonyl (C=O) groups is 1. The summed E-state index contributed by atoms with van der Waals surface area (Å²) in [6, 6.07) is 22.0. The van der Waals surface area contributed by atoms with Crippen LogP contribution in [0.4, 0.5) is 0 Å². The van der Waals surface area contributed by atoms with Crippen molar-refractivity contribution in [3.63, 3.8) is 0 Å². The van der Waals surface area contributed by atoms with E-state index in [0.717, 1.165) is 21.9 Å². The van der Waals surface area contributed by atoms with Gasteiger partial charge in [-0.3, -0.25) is 4.79 Å². The van der Waals surface area contributed by atoms with Crippen LogP contribution in [0.5, 0.6) is 0 Å². The number of fused-ring (bicyclic) bond motifs is 1. The van der Waals surface area contributed by atoms with Gasteiger partial charge in [0.25, 0.3) is 10.0 Å². The van der Waals surface area contributed by atoms with Crippen molar-refractivity contribution >= 4 is 26.7 Å². The van der Waals surface area contributed by atoms with Crippen molar-refractivity contribution in [3.05, 3.63) is 77.9 Å². The average Bonchev–Trinajstić information content (AvgIpc) is 2.73. The molecule has 0 bridgehead atoms. The minimum absolute atomic E-state index is 0.0585. The molecule has 0 saturated heterocycles. The lowest BCUT2D eigenvalue weighted by Gasteiger charge is -2.18. The third kappa shape index (κ3) is 5.25. The van der Waals surface area contributed by atoms with Gasteiger partial charge in [-0.15, -0.1) is 0 Å². The second-order valence-electron chi connectivity index (χ2n) is 7.35. The molecule has 1 atom stereocenters. The number of nitrogens with zero attached hydrogens (tertiary/aromatic N) is 1. The molecule has 3 aromatic rings. The average molecular weight is 421 g/mol. The molecule has 0 saturated carbocycles. The van der Waals surface area contributed by atoms with E-state index in [2.05, 4.69) is 10.8 Å². The normalized spacial score (nSPS) is 12.3. The van der Waals surface area contributed by atoms with E-state index in [4.69, 9.17) is 5.26 Å². The Bertz CT molecular complexity index is 1180. The summed E-state index contributed by atoms with van der Waals surface area (Å²) in [7, 11) is -3.96. The monoisotopic (exact) mass is 420 g/mol. The summed E-state index contributed by atoms with van der Waals surface area (Å²) in [5, 5.41) is 10.8. The molecule has 6 heteroatoms. The molecule has 1 unspecified atom stereocenters. The predicted octanol–water partition coefficient (Wildman–Crippen LogP) is 4.82. The molecule has 3 aromatic carbocycles. The van der Waals surface area contributed by atoms with Crippen molar-refractivity contribution in [2.75, 3.05) is 0 Å². The van der Waals surface area contributed by atoms with E-state index in [1.165, 1.54) is 12.1 Å². The van der Waals surface area contributed by atoms with Crippen molar-refractivity contribution in [1.29, 1.82) is 5.26 Å². The number of aryl methyl sites for hydroxylation is 1. The Kier molecular flexibility index (Phi) is 6.86. The Hall–Kier alpha value is -3.17. The van der Waals surface area contributed by atoms with E-state index >= 15 is 0 Å². The molecule has 3 rings (SSSR count). The highest BCUT2D eigenvalue weighted by Crippen LogP contribution is 2.27. The zero-order chi connectivity index (χ0) is 21.6. The van der Waals surface area contributed by atoms with Gasteiger partial charge in [-0.2, -0.15) is 5.26 Å². The van der Waals surface area contributed by atoms with E-state index in [0.29, 0.717) is 25.7 Å². The minimum Gasteiger partial charge on any atom is -0.273 e. The van der Waals surface area contributed by atoms with Crippen LogP contribution in [0.2, 0.25) is 0 Å². The first-order valence-corrected chi connectivity index (χ1v) is 11.4. The number of unbranched alkanes of at least 4 members (excludes halogenated alkanes) is 2. The third-order valence-electron chi connectivity index (χ3n) is 5.09. The minimum atomic E-state index is -3.96. The maximum atomic E-state index is 13.0. The number of benzene rings is 3. The highest BCUT2D eigenvalue weighted by Gasteiger charge is 2.26. The summed E-state index contributed by atoms with van der Waals surface area (Å²) in [6.07, 6.45) is 2.20. The van der Waals surface area contributed by atoms with Crippen LogP contribution in [-0.2, 0) is 14.8 Å². The van der Waals surface area contributed by atoms with Gasteiger partial charge in [0.1, 0.15) is 0 Å². The van der Waals surface area contributed by atoms with Gasteiger partial charge in [0.05, 0.1) is 16.9 Å². The van der Waals surface area contributed by atoms with E-state index < -0.39 is 21.8 Å². The highest BCUT2D eigenvalue weighted by molar-refractivity contribution is 7.90. The zero-order valence-electron chi connectivity index (χ0n) is 16.8. The number of amides is 1. The predicted molar refractivity (Wildman–Crippen MR) is 117 cm³/mol. The summed E-state index contributed by atoms with van der Waals surface area (Å²) in [5.74, 6) is -1.17. The maximum absolute atomic E-state index is 13.0. The number of rotatable bonds is 8. The van der Waals surface area contributed by atoms with Gasteiger partial charge in [0.2, 0.25) is 5.91 Å². The van der Waals surface area contributed by atoms with Crippen molar-refractivity contribution in [2.45, 2.75) is 43.4 Å². The van der Waals surface area contributed by atoms with Crippen molar-refractivity contribution in [3.8, 4) is 6.07 Å². The molecule has 0 aliphatic carbocycles. The first kappa shape index (κ1) is 21.5. The fourth-order valence-corrected chi connectivity index (χ4v) is 4.43. The van der Waals surface area contributed by atoms with Crippen LogP contribution in [0, 0.1) is 18.3 Å². The molecule has 1 amide bonds. The Balaban J connectivity index is 1.87. The van der Waals surface area contributed by atoms with Gasteiger partial charge in [-0.05, 0) is 48.2 Å². The van der Waals surface area contributed by atoms with Crippen molar-refractivity contribution in [1.82, 2.24) is 4.72 Å². The van der Waals surface area contributed by atoms with Crippen LogP contribution in [0.25, 0.3) is 10.8 Å². The van der Waals surface area contributed by atoms with E-state index in [-0.39, 0.29) is 4.90 Å². The summed E-state index contributed by atoms with van der Waals surface area (Å²) in [5.41, 5.74) is 1.70. The van der Waals surface area contributed by atoms with Crippen LogP contribution < -0.4 is 4.72 Å². The lowest BCUT2D eigenvalue weighted by atomic mass is 9.91. The number of hydrogen-bond donors (Lipinski definition) is 1. The number of hydrogen-bond acceptors (Lipinski definition) is 4. The molecule has 0 heterocycles. The molecule has 0 fully saturated rings.